The smallest absolute Gasteiger partial charge is 0.0278 e. The maximum Gasteiger partial charge on any atom is 0.0278 e. The van der Waals surface area contributed by atoms with Gasteiger partial charge in [-0.3, -0.25) is 0 Å². The average molecular weight is 218 g/mol. The third-order valence-corrected chi connectivity index (χ3v) is 3.06. The van der Waals surface area contributed by atoms with E-state index >= 15 is 0 Å². The highest BCUT2D eigenvalue weighted by molar-refractivity contribution is 5.23. The van der Waals surface area contributed by atoms with Crippen LogP contribution in [0.4, 0.5) is 0 Å². The number of hydrogen-bond donors (Lipinski definition) is 2. The van der Waals surface area contributed by atoms with Crippen molar-refractivity contribution in [3.8, 4) is 0 Å². The first kappa shape index (κ1) is 11.6. The van der Waals surface area contributed by atoms with Crippen molar-refractivity contribution in [1.82, 2.24) is 10.6 Å². The lowest BCUT2D eigenvalue weighted by molar-refractivity contribution is 0.355. The van der Waals surface area contributed by atoms with E-state index in [9.17, 15) is 0 Å². The summed E-state index contributed by atoms with van der Waals surface area (Å²) in [5.74, 6) is 0.598. The number of rotatable bonds is 2. The summed E-state index contributed by atoms with van der Waals surface area (Å²) in [6.07, 6.45) is 0. The van der Waals surface area contributed by atoms with Crippen LogP contribution in [-0.2, 0) is 0 Å². The SMILES string of the molecule is CC(C)(C)NC1CNCC1c1ccccc1. The van der Waals surface area contributed by atoms with Gasteiger partial charge in [0, 0.05) is 30.6 Å². The van der Waals surface area contributed by atoms with E-state index in [0.717, 1.165) is 13.1 Å². The Morgan fingerprint density at radius 2 is 1.81 bits per heavy atom. The largest absolute Gasteiger partial charge is 0.314 e. The molecule has 1 aromatic rings. The van der Waals surface area contributed by atoms with Crippen molar-refractivity contribution >= 4 is 0 Å². The Bertz CT molecular complexity index is 326. The van der Waals surface area contributed by atoms with Crippen LogP contribution in [0.5, 0.6) is 0 Å². The summed E-state index contributed by atoms with van der Waals surface area (Å²) in [6, 6.07) is 11.3. The molecule has 0 spiro atoms. The van der Waals surface area contributed by atoms with Crippen LogP contribution in [0.25, 0.3) is 0 Å². The molecule has 0 bridgehead atoms. The summed E-state index contributed by atoms with van der Waals surface area (Å²) in [4.78, 5) is 0. The maximum atomic E-state index is 3.70. The topological polar surface area (TPSA) is 24.1 Å². The van der Waals surface area contributed by atoms with Gasteiger partial charge in [-0.1, -0.05) is 30.3 Å². The van der Waals surface area contributed by atoms with Crippen molar-refractivity contribution in [2.75, 3.05) is 13.1 Å². The molecular weight excluding hydrogens is 196 g/mol. The number of benzene rings is 1. The molecule has 1 heterocycles. The maximum absolute atomic E-state index is 3.70. The standard InChI is InChI=1S/C14H22N2/c1-14(2,3)16-13-10-15-9-12(13)11-7-5-4-6-8-11/h4-8,12-13,15-16H,9-10H2,1-3H3. The Labute approximate surface area is 98.4 Å². The molecular formula is C14H22N2. The normalized spacial score (nSPS) is 25.9. The summed E-state index contributed by atoms with van der Waals surface area (Å²) in [5.41, 5.74) is 1.62. The Morgan fingerprint density at radius 3 is 2.44 bits per heavy atom. The third-order valence-electron chi connectivity index (χ3n) is 3.06. The molecule has 0 radical (unpaired) electrons. The van der Waals surface area contributed by atoms with Gasteiger partial charge in [0.2, 0.25) is 0 Å². The highest BCUT2D eigenvalue weighted by Crippen LogP contribution is 2.24. The van der Waals surface area contributed by atoms with Crippen LogP contribution in [0.1, 0.15) is 32.3 Å². The van der Waals surface area contributed by atoms with E-state index in [4.69, 9.17) is 0 Å². The second kappa shape index (κ2) is 4.56. The summed E-state index contributed by atoms with van der Waals surface area (Å²) in [7, 11) is 0. The molecule has 0 saturated carbocycles. The van der Waals surface area contributed by atoms with Crippen LogP contribution >= 0.6 is 0 Å². The lowest BCUT2D eigenvalue weighted by Gasteiger charge is -2.29. The van der Waals surface area contributed by atoms with Crippen molar-refractivity contribution in [2.24, 2.45) is 0 Å². The number of hydrogen-bond acceptors (Lipinski definition) is 2. The Morgan fingerprint density at radius 1 is 1.12 bits per heavy atom. The van der Waals surface area contributed by atoms with Gasteiger partial charge in [0.25, 0.3) is 0 Å². The monoisotopic (exact) mass is 218 g/mol. The first-order valence-electron chi connectivity index (χ1n) is 6.09. The van der Waals surface area contributed by atoms with Gasteiger partial charge >= 0.3 is 0 Å². The van der Waals surface area contributed by atoms with Crippen LogP contribution in [0.3, 0.4) is 0 Å². The highest BCUT2D eigenvalue weighted by atomic mass is 15.1. The van der Waals surface area contributed by atoms with Crippen LogP contribution in [0.15, 0.2) is 30.3 Å². The Hall–Kier alpha value is -0.860. The lowest BCUT2D eigenvalue weighted by Crippen LogP contribution is -2.46. The zero-order valence-electron chi connectivity index (χ0n) is 10.5. The molecule has 1 aliphatic heterocycles. The predicted molar refractivity (Wildman–Crippen MR) is 68.7 cm³/mol. The fraction of sp³-hybridized carbons (Fsp3) is 0.571. The fourth-order valence-electron chi connectivity index (χ4n) is 2.44. The van der Waals surface area contributed by atoms with Gasteiger partial charge in [-0.15, -0.1) is 0 Å². The average Bonchev–Trinajstić information content (AvgIpc) is 2.64. The summed E-state index contributed by atoms with van der Waals surface area (Å²) < 4.78 is 0. The van der Waals surface area contributed by atoms with Crippen molar-refractivity contribution in [3.05, 3.63) is 35.9 Å². The molecule has 0 aromatic heterocycles. The van der Waals surface area contributed by atoms with Crippen LogP contribution in [-0.4, -0.2) is 24.7 Å². The van der Waals surface area contributed by atoms with Crippen molar-refractivity contribution in [3.63, 3.8) is 0 Å². The van der Waals surface area contributed by atoms with Gasteiger partial charge in [0.05, 0.1) is 0 Å². The zero-order chi connectivity index (χ0) is 11.6. The van der Waals surface area contributed by atoms with Crippen LogP contribution in [0, 0.1) is 0 Å². The molecule has 2 N–H and O–H groups in total. The van der Waals surface area contributed by atoms with Crippen molar-refractivity contribution in [2.45, 2.75) is 38.3 Å². The van der Waals surface area contributed by atoms with E-state index < -0.39 is 0 Å². The molecule has 2 atom stereocenters. The minimum Gasteiger partial charge on any atom is -0.314 e. The molecule has 1 fully saturated rings. The minimum atomic E-state index is 0.184. The second-order valence-electron chi connectivity index (χ2n) is 5.68. The molecule has 1 aromatic carbocycles. The zero-order valence-corrected chi connectivity index (χ0v) is 10.5. The quantitative estimate of drug-likeness (QED) is 0.794. The summed E-state index contributed by atoms with van der Waals surface area (Å²) in [5, 5.41) is 7.19. The Balaban J connectivity index is 2.10. The first-order valence-corrected chi connectivity index (χ1v) is 6.09. The number of nitrogens with one attached hydrogen (secondary N) is 2. The van der Waals surface area contributed by atoms with Crippen molar-refractivity contribution < 1.29 is 0 Å². The third kappa shape index (κ3) is 2.83. The molecule has 88 valence electrons. The molecule has 0 aliphatic carbocycles. The Kier molecular flexibility index (Phi) is 3.31. The van der Waals surface area contributed by atoms with Gasteiger partial charge in [-0.05, 0) is 26.3 Å². The van der Waals surface area contributed by atoms with E-state index in [1.807, 2.05) is 0 Å². The highest BCUT2D eigenvalue weighted by Gasteiger charge is 2.30. The van der Waals surface area contributed by atoms with E-state index in [2.05, 4.69) is 61.7 Å². The molecule has 1 aliphatic rings. The summed E-state index contributed by atoms with van der Waals surface area (Å²) >= 11 is 0. The first-order chi connectivity index (χ1) is 7.56. The van der Waals surface area contributed by atoms with E-state index in [1.54, 1.807) is 0 Å². The molecule has 2 heteroatoms. The van der Waals surface area contributed by atoms with Crippen LogP contribution in [0.2, 0.25) is 0 Å². The minimum absolute atomic E-state index is 0.184. The molecule has 0 amide bonds. The van der Waals surface area contributed by atoms with Crippen molar-refractivity contribution in [1.29, 1.82) is 0 Å². The second-order valence-corrected chi connectivity index (χ2v) is 5.68. The molecule has 2 unspecified atom stereocenters. The van der Waals surface area contributed by atoms with Gasteiger partial charge in [-0.2, -0.15) is 0 Å². The molecule has 2 nitrogen and oxygen atoms in total. The lowest BCUT2D eigenvalue weighted by atomic mass is 9.92. The van der Waals surface area contributed by atoms with Gasteiger partial charge in [-0.25, -0.2) is 0 Å². The molecule has 16 heavy (non-hydrogen) atoms. The fourth-order valence-corrected chi connectivity index (χ4v) is 2.44. The van der Waals surface area contributed by atoms with Gasteiger partial charge in [0.15, 0.2) is 0 Å². The van der Waals surface area contributed by atoms with E-state index in [1.165, 1.54) is 5.56 Å². The van der Waals surface area contributed by atoms with E-state index in [0.29, 0.717) is 12.0 Å². The van der Waals surface area contributed by atoms with Crippen LogP contribution < -0.4 is 10.6 Å². The predicted octanol–water partition coefficient (Wildman–Crippen LogP) is 2.13. The molecule has 2 rings (SSSR count). The van der Waals surface area contributed by atoms with E-state index in [-0.39, 0.29) is 5.54 Å². The van der Waals surface area contributed by atoms with Gasteiger partial charge in [0.1, 0.15) is 0 Å². The summed E-state index contributed by atoms with van der Waals surface area (Å²) in [6.45, 7) is 8.84. The van der Waals surface area contributed by atoms with Gasteiger partial charge < -0.3 is 10.6 Å². The molecule has 1 saturated heterocycles.